The first-order chi connectivity index (χ1) is 8.58. The van der Waals surface area contributed by atoms with Gasteiger partial charge in [0, 0.05) is 11.8 Å². The van der Waals surface area contributed by atoms with E-state index in [9.17, 15) is 10.1 Å². The molecule has 4 heteroatoms. The topological polar surface area (TPSA) is 55.2 Å². The number of rotatable bonds is 3. The summed E-state index contributed by atoms with van der Waals surface area (Å²) in [5.41, 5.74) is 3.79. The zero-order valence-corrected chi connectivity index (χ0v) is 10.3. The Morgan fingerprint density at radius 2 is 1.78 bits per heavy atom. The molecule has 0 fully saturated rings. The Morgan fingerprint density at radius 3 is 2.44 bits per heavy atom. The van der Waals surface area contributed by atoms with Crippen molar-refractivity contribution in [1.82, 2.24) is 0 Å². The summed E-state index contributed by atoms with van der Waals surface area (Å²) in [5, 5.41) is 14.0. The number of nitro groups is 1. The fraction of sp³-hybridized carbons (Fsp3) is 0.143. The van der Waals surface area contributed by atoms with Gasteiger partial charge in [0.15, 0.2) is 0 Å². The Bertz CT molecular complexity index is 594. The second-order valence-corrected chi connectivity index (χ2v) is 4.20. The highest BCUT2D eigenvalue weighted by Crippen LogP contribution is 2.27. The molecule has 18 heavy (non-hydrogen) atoms. The van der Waals surface area contributed by atoms with E-state index in [1.165, 1.54) is 11.6 Å². The summed E-state index contributed by atoms with van der Waals surface area (Å²) >= 11 is 0. The number of anilines is 2. The Labute approximate surface area is 105 Å². The molecule has 0 radical (unpaired) electrons. The molecule has 92 valence electrons. The highest BCUT2D eigenvalue weighted by atomic mass is 16.6. The van der Waals surface area contributed by atoms with Gasteiger partial charge >= 0.3 is 0 Å². The van der Waals surface area contributed by atoms with Crippen molar-refractivity contribution in [2.75, 3.05) is 5.32 Å². The van der Waals surface area contributed by atoms with Crippen molar-refractivity contribution in [1.29, 1.82) is 0 Å². The summed E-state index contributed by atoms with van der Waals surface area (Å²) in [4.78, 5) is 10.5. The van der Waals surface area contributed by atoms with Gasteiger partial charge in [0.05, 0.1) is 4.92 Å². The fourth-order valence-electron chi connectivity index (χ4n) is 1.71. The number of nitrogens with zero attached hydrogens (tertiary/aromatic N) is 1. The predicted molar refractivity (Wildman–Crippen MR) is 72.3 cm³/mol. The zero-order chi connectivity index (χ0) is 13.1. The van der Waals surface area contributed by atoms with Crippen LogP contribution in [0, 0.1) is 24.0 Å². The van der Waals surface area contributed by atoms with Crippen LogP contribution in [0.2, 0.25) is 0 Å². The summed E-state index contributed by atoms with van der Waals surface area (Å²) < 4.78 is 0. The smallest absolute Gasteiger partial charge is 0.292 e. The minimum absolute atomic E-state index is 0.0794. The molecule has 0 bridgehead atoms. The lowest BCUT2D eigenvalue weighted by atomic mass is 10.1. The van der Waals surface area contributed by atoms with E-state index < -0.39 is 0 Å². The monoisotopic (exact) mass is 242 g/mol. The minimum Gasteiger partial charge on any atom is -0.350 e. The SMILES string of the molecule is Cc1ccc(Nc2ccccc2[N+](=O)[O-])cc1C. The third-order valence-electron chi connectivity index (χ3n) is 2.89. The van der Waals surface area contributed by atoms with Crippen molar-refractivity contribution in [2.24, 2.45) is 0 Å². The van der Waals surface area contributed by atoms with Crippen molar-refractivity contribution >= 4 is 17.1 Å². The van der Waals surface area contributed by atoms with Crippen LogP contribution in [0.15, 0.2) is 42.5 Å². The van der Waals surface area contributed by atoms with Crippen LogP contribution in [0.1, 0.15) is 11.1 Å². The number of hydrogen-bond donors (Lipinski definition) is 1. The Kier molecular flexibility index (Phi) is 3.28. The van der Waals surface area contributed by atoms with Gasteiger partial charge in [-0.25, -0.2) is 0 Å². The van der Waals surface area contributed by atoms with Gasteiger partial charge in [0.1, 0.15) is 5.69 Å². The first kappa shape index (κ1) is 12.1. The number of benzene rings is 2. The molecule has 0 spiro atoms. The van der Waals surface area contributed by atoms with E-state index in [-0.39, 0.29) is 10.6 Å². The van der Waals surface area contributed by atoms with Crippen LogP contribution in [-0.2, 0) is 0 Å². The third-order valence-corrected chi connectivity index (χ3v) is 2.89. The van der Waals surface area contributed by atoms with Crippen LogP contribution in [0.5, 0.6) is 0 Å². The highest BCUT2D eigenvalue weighted by molar-refractivity contribution is 5.69. The minimum atomic E-state index is -0.386. The average Bonchev–Trinajstić information content (AvgIpc) is 2.34. The molecule has 0 unspecified atom stereocenters. The third kappa shape index (κ3) is 2.48. The maximum absolute atomic E-state index is 10.9. The van der Waals surface area contributed by atoms with E-state index in [2.05, 4.69) is 5.32 Å². The molecule has 0 aliphatic carbocycles. The summed E-state index contributed by atoms with van der Waals surface area (Å²) in [6, 6.07) is 12.5. The van der Waals surface area contributed by atoms with Gasteiger partial charge < -0.3 is 5.32 Å². The first-order valence-electron chi connectivity index (χ1n) is 5.65. The molecule has 4 nitrogen and oxygen atoms in total. The summed E-state index contributed by atoms with van der Waals surface area (Å²) in [7, 11) is 0. The van der Waals surface area contributed by atoms with Crippen LogP contribution < -0.4 is 5.32 Å². The van der Waals surface area contributed by atoms with Crippen molar-refractivity contribution in [3.8, 4) is 0 Å². The molecule has 0 aliphatic heterocycles. The highest BCUT2D eigenvalue weighted by Gasteiger charge is 2.12. The lowest BCUT2D eigenvalue weighted by Crippen LogP contribution is -1.97. The predicted octanol–water partition coefficient (Wildman–Crippen LogP) is 3.96. The van der Waals surface area contributed by atoms with E-state index in [0.717, 1.165) is 11.3 Å². The lowest BCUT2D eigenvalue weighted by Gasteiger charge is -2.08. The van der Waals surface area contributed by atoms with Crippen molar-refractivity contribution < 1.29 is 4.92 Å². The van der Waals surface area contributed by atoms with Gasteiger partial charge in [-0.3, -0.25) is 10.1 Å². The van der Waals surface area contributed by atoms with Crippen LogP contribution in [0.4, 0.5) is 17.1 Å². The van der Waals surface area contributed by atoms with Crippen LogP contribution in [-0.4, -0.2) is 4.92 Å². The molecule has 1 N–H and O–H groups in total. The van der Waals surface area contributed by atoms with E-state index in [1.807, 2.05) is 32.0 Å². The lowest BCUT2D eigenvalue weighted by molar-refractivity contribution is -0.383. The van der Waals surface area contributed by atoms with E-state index in [1.54, 1.807) is 18.2 Å². The van der Waals surface area contributed by atoms with Gasteiger partial charge in [-0.1, -0.05) is 18.2 Å². The number of para-hydroxylation sites is 2. The maximum Gasteiger partial charge on any atom is 0.292 e. The summed E-state index contributed by atoms with van der Waals surface area (Å²) in [5.74, 6) is 0. The van der Waals surface area contributed by atoms with Gasteiger partial charge in [-0.2, -0.15) is 0 Å². The number of aryl methyl sites for hydroxylation is 2. The molecule has 0 saturated heterocycles. The largest absolute Gasteiger partial charge is 0.350 e. The van der Waals surface area contributed by atoms with E-state index >= 15 is 0 Å². The van der Waals surface area contributed by atoms with E-state index in [0.29, 0.717) is 5.69 Å². The van der Waals surface area contributed by atoms with Gasteiger partial charge in [0.25, 0.3) is 5.69 Å². The molecule has 0 aromatic heterocycles. The summed E-state index contributed by atoms with van der Waals surface area (Å²) in [6.07, 6.45) is 0. The molecule has 0 aliphatic rings. The fourth-order valence-corrected chi connectivity index (χ4v) is 1.71. The molecule has 2 aromatic carbocycles. The van der Waals surface area contributed by atoms with Crippen LogP contribution >= 0.6 is 0 Å². The molecule has 0 saturated carbocycles. The van der Waals surface area contributed by atoms with Crippen molar-refractivity contribution in [3.63, 3.8) is 0 Å². The molecule has 0 heterocycles. The Balaban J connectivity index is 2.34. The Hall–Kier alpha value is -2.36. The zero-order valence-electron chi connectivity index (χ0n) is 10.3. The normalized spacial score (nSPS) is 10.1. The van der Waals surface area contributed by atoms with Crippen molar-refractivity contribution in [3.05, 3.63) is 63.7 Å². The second-order valence-electron chi connectivity index (χ2n) is 4.20. The molecule has 2 rings (SSSR count). The first-order valence-corrected chi connectivity index (χ1v) is 5.65. The average molecular weight is 242 g/mol. The summed E-state index contributed by atoms with van der Waals surface area (Å²) in [6.45, 7) is 4.05. The maximum atomic E-state index is 10.9. The quantitative estimate of drug-likeness (QED) is 0.654. The second kappa shape index (κ2) is 4.87. The number of nitro benzene ring substituents is 1. The molecule has 0 atom stereocenters. The molecular weight excluding hydrogens is 228 g/mol. The van der Waals surface area contributed by atoms with Gasteiger partial charge in [-0.05, 0) is 43.2 Å². The van der Waals surface area contributed by atoms with Gasteiger partial charge in [-0.15, -0.1) is 0 Å². The van der Waals surface area contributed by atoms with Crippen LogP contribution in [0.3, 0.4) is 0 Å². The molecule has 2 aromatic rings. The standard InChI is InChI=1S/C14H14N2O2/c1-10-7-8-12(9-11(10)2)15-13-5-3-4-6-14(13)16(17)18/h3-9,15H,1-2H3. The Morgan fingerprint density at radius 1 is 1.06 bits per heavy atom. The number of hydrogen-bond acceptors (Lipinski definition) is 3. The van der Waals surface area contributed by atoms with E-state index in [4.69, 9.17) is 0 Å². The van der Waals surface area contributed by atoms with Gasteiger partial charge in [0.2, 0.25) is 0 Å². The molecule has 0 amide bonds. The van der Waals surface area contributed by atoms with Crippen LogP contribution in [0.25, 0.3) is 0 Å². The van der Waals surface area contributed by atoms with Crippen molar-refractivity contribution in [2.45, 2.75) is 13.8 Å². The molecular formula is C14H14N2O2. The number of nitrogens with one attached hydrogen (secondary N) is 1.